The lowest BCUT2D eigenvalue weighted by atomic mass is 9.93. The maximum Gasteiger partial charge on any atom is 0.105 e. The van der Waals surface area contributed by atoms with Gasteiger partial charge in [-0.15, -0.1) is 0 Å². The molecule has 0 heterocycles. The van der Waals surface area contributed by atoms with E-state index < -0.39 is 0 Å². The van der Waals surface area contributed by atoms with Crippen LogP contribution in [-0.2, 0) is 0 Å². The molecule has 2 fully saturated rings. The van der Waals surface area contributed by atoms with Crippen LogP contribution < -0.4 is 5.32 Å². The highest BCUT2D eigenvalue weighted by molar-refractivity contribution is 5.08. The second kappa shape index (κ2) is 5.59. The topological polar surface area (TPSA) is 39.1 Å². The van der Waals surface area contributed by atoms with Gasteiger partial charge in [0, 0.05) is 18.1 Å². The molecule has 3 nitrogen and oxygen atoms in total. The fourth-order valence-electron chi connectivity index (χ4n) is 3.22. The second-order valence-corrected chi connectivity index (χ2v) is 6.52. The van der Waals surface area contributed by atoms with E-state index in [9.17, 15) is 5.26 Å². The Bertz CT molecular complexity index is 312. The van der Waals surface area contributed by atoms with Crippen LogP contribution in [0.2, 0.25) is 0 Å². The summed E-state index contributed by atoms with van der Waals surface area (Å²) in [6.07, 6.45) is 8.82. The van der Waals surface area contributed by atoms with E-state index >= 15 is 0 Å². The Kier molecular flexibility index (Phi) is 4.29. The molecular weight excluding hydrogens is 222 g/mol. The number of hydrogen-bond donors (Lipinski definition) is 1. The van der Waals surface area contributed by atoms with Crippen molar-refractivity contribution in [2.75, 3.05) is 7.05 Å². The van der Waals surface area contributed by atoms with Gasteiger partial charge in [0.05, 0.1) is 6.07 Å². The number of nitriles is 1. The zero-order chi connectivity index (χ0) is 13.2. The molecule has 1 N–H and O–H groups in total. The third-order valence-corrected chi connectivity index (χ3v) is 4.65. The van der Waals surface area contributed by atoms with Gasteiger partial charge in [-0.25, -0.2) is 0 Å². The van der Waals surface area contributed by atoms with Crippen molar-refractivity contribution in [3.63, 3.8) is 0 Å². The molecule has 2 unspecified atom stereocenters. The lowest BCUT2D eigenvalue weighted by molar-refractivity contribution is 0.158. The van der Waals surface area contributed by atoms with Crippen LogP contribution in [-0.4, -0.2) is 35.6 Å². The molecule has 0 radical (unpaired) electrons. The second-order valence-electron chi connectivity index (χ2n) is 6.52. The fraction of sp³-hybridized carbons (Fsp3) is 0.933. The molecule has 2 atom stereocenters. The minimum atomic E-state index is -0.354. The third-order valence-electron chi connectivity index (χ3n) is 4.65. The van der Waals surface area contributed by atoms with Crippen molar-refractivity contribution in [3.8, 4) is 6.07 Å². The monoisotopic (exact) mass is 249 g/mol. The molecule has 0 aromatic heterocycles. The summed E-state index contributed by atoms with van der Waals surface area (Å²) in [5.41, 5.74) is -0.354. The molecular formula is C15H27N3. The van der Waals surface area contributed by atoms with Gasteiger partial charge < -0.3 is 4.90 Å². The van der Waals surface area contributed by atoms with Gasteiger partial charge in [-0.1, -0.05) is 12.8 Å². The smallest absolute Gasteiger partial charge is 0.105 e. The first kappa shape index (κ1) is 13.8. The summed E-state index contributed by atoms with van der Waals surface area (Å²) < 4.78 is 0. The first-order valence-electron chi connectivity index (χ1n) is 7.45. The molecule has 0 aromatic carbocycles. The lowest BCUT2D eigenvalue weighted by Crippen LogP contribution is -2.48. The van der Waals surface area contributed by atoms with Gasteiger partial charge in [-0.3, -0.25) is 5.32 Å². The molecule has 0 saturated heterocycles. The van der Waals surface area contributed by atoms with Crippen molar-refractivity contribution < 1.29 is 0 Å². The quantitative estimate of drug-likeness (QED) is 0.786. The van der Waals surface area contributed by atoms with Gasteiger partial charge >= 0.3 is 0 Å². The van der Waals surface area contributed by atoms with Crippen molar-refractivity contribution in [1.29, 1.82) is 5.26 Å². The van der Waals surface area contributed by atoms with Crippen molar-refractivity contribution in [1.82, 2.24) is 10.2 Å². The number of rotatable bonds is 6. The normalized spacial score (nSPS) is 25.9. The Labute approximate surface area is 112 Å². The van der Waals surface area contributed by atoms with E-state index in [1.165, 1.54) is 38.5 Å². The molecule has 0 aliphatic heterocycles. The van der Waals surface area contributed by atoms with Gasteiger partial charge in [-0.2, -0.15) is 5.26 Å². The van der Waals surface area contributed by atoms with Gasteiger partial charge in [0.25, 0.3) is 0 Å². The summed E-state index contributed by atoms with van der Waals surface area (Å²) >= 11 is 0. The van der Waals surface area contributed by atoms with Crippen molar-refractivity contribution >= 4 is 0 Å². The summed E-state index contributed by atoms with van der Waals surface area (Å²) in [5, 5.41) is 12.9. The Morgan fingerprint density at radius 1 is 1.33 bits per heavy atom. The highest BCUT2D eigenvalue weighted by Gasteiger charge is 2.35. The average molecular weight is 249 g/mol. The van der Waals surface area contributed by atoms with E-state index in [1.54, 1.807) is 0 Å². The van der Waals surface area contributed by atoms with Gasteiger partial charge in [-0.05, 0) is 53.0 Å². The van der Waals surface area contributed by atoms with Gasteiger partial charge in [0.2, 0.25) is 0 Å². The largest absolute Gasteiger partial charge is 0.301 e. The molecule has 0 aromatic rings. The molecule has 2 aliphatic carbocycles. The van der Waals surface area contributed by atoms with Crippen molar-refractivity contribution in [2.24, 2.45) is 0 Å². The summed E-state index contributed by atoms with van der Waals surface area (Å²) in [6, 6.07) is 4.30. The van der Waals surface area contributed by atoms with Crippen LogP contribution >= 0.6 is 0 Å². The zero-order valence-corrected chi connectivity index (χ0v) is 12.1. The minimum Gasteiger partial charge on any atom is -0.301 e. The molecule has 102 valence electrons. The van der Waals surface area contributed by atoms with Crippen molar-refractivity contribution in [3.05, 3.63) is 0 Å². The number of hydrogen-bond acceptors (Lipinski definition) is 3. The zero-order valence-electron chi connectivity index (χ0n) is 12.1. The Morgan fingerprint density at radius 2 is 1.94 bits per heavy atom. The Hall–Kier alpha value is -0.590. The van der Waals surface area contributed by atoms with Crippen LogP contribution in [0.4, 0.5) is 0 Å². The Morgan fingerprint density at radius 3 is 2.44 bits per heavy atom. The summed E-state index contributed by atoms with van der Waals surface area (Å²) in [4.78, 5) is 2.50. The van der Waals surface area contributed by atoms with Crippen molar-refractivity contribution in [2.45, 2.75) is 82.5 Å². The summed E-state index contributed by atoms with van der Waals surface area (Å²) in [5.74, 6) is 0. The maximum absolute atomic E-state index is 9.43. The van der Waals surface area contributed by atoms with E-state index in [2.05, 4.69) is 37.2 Å². The number of nitrogens with zero attached hydrogens (tertiary/aromatic N) is 2. The predicted molar refractivity (Wildman–Crippen MR) is 74.3 cm³/mol. The first-order chi connectivity index (χ1) is 8.54. The minimum absolute atomic E-state index is 0.354. The highest BCUT2D eigenvalue weighted by atomic mass is 15.2. The van der Waals surface area contributed by atoms with Crippen LogP contribution in [0.5, 0.6) is 0 Å². The van der Waals surface area contributed by atoms with E-state index in [0.29, 0.717) is 12.1 Å². The average Bonchev–Trinajstić information content (AvgIpc) is 2.98. The molecule has 2 saturated carbocycles. The maximum atomic E-state index is 9.43. The Balaban J connectivity index is 1.87. The molecule has 0 spiro atoms. The number of nitrogens with one attached hydrogen (secondary N) is 1. The van der Waals surface area contributed by atoms with E-state index in [0.717, 1.165) is 12.5 Å². The van der Waals surface area contributed by atoms with Crippen LogP contribution in [0.15, 0.2) is 0 Å². The molecule has 0 amide bonds. The predicted octanol–water partition coefficient (Wildman–Crippen LogP) is 2.67. The van der Waals surface area contributed by atoms with Crippen LogP contribution in [0, 0.1) is 11.3 Å². The SMILES string of the molecule is CC(CC(C)(C#N)NC1CC1)N(C)C1CCCC1. The molecule has 2 aliphatic rings. The van der Waals surface area contributed by atoms with Gasteiger partial charge in [0.1, 0.15) is 5.54 Å². The van der Waals surface area contributed by atoms with E-state index in [1.807, 2.05) is 0 Å². The van der Waals surface area contributed by atoms with E-state index in [-0.39, 0.29) is 5.54 Å². The summed E-state index contributed by atoms with van der Waals surface area (Å²) in [7, 11) is 2.23. The lowest BCUT2D eigenvalue weighted by Gasteiger charge is -2.35. The molecule has 2 rings (SSSR count). The third kappa shape index (κ3) is 3.46. The fourth-order valence-corrected chi connectivity index (χ4v) is 3.22. The first-order valence-corrected chi connectivity index (χ1v) is 7.45. The van der Waals surface area contributed by atoms with Crippen LogP contribution in [0.1, 0.15) is 58.8 Å². The summed E-state index contributed by atoms with van der Waals surface area (Å²) in [6.45, 7) is 4.33. The van der Waals surface area contributed by atoms with Crippen LogP contribution in [0.25, 0.3) is 0 Å². The van der Waals surface area contributed by atoms with E-state index in [4.69, 9.17) is 0 Å². The van der Waals surface area contributed by atoms with Gasteiger partial charge in [0.15, 0.2) is 0 Å². The standard InChI is InChI=1S/C15H27N3/c1-12(18(3)14-6-4-5-7-14)10-15(2,11-16)17-13-8-9-13/h12-14,17H,4-10H2,1-3H3. The molecule has 3 heteroatoms. The highest BCUT2D eigenvalue weighted by Crippen LogP contribution is 2.28. The molecule has 18 heavy (non-hydrogen) atoms. The van der Waals surface area contributed by atoms with Crippen LogP contribution in [0.3, 0.4) is 0 Å². The molecule has 0 bridgehead atoms.